The van der Waals surface area contributed by atoms with Gasteiger partial charge in [-0.15, -0.1) is 0 Å². The lowest BCUT2D eigenvalue weighted by atomic mass is 10.0. The highest BCUT2D eigenvalue weighted by Gasteiger charge is 2.20. The Labute approximate surface area is 179 Å². The number of nitrogens with one attached hydrogen (secondary N) is 2. The molecule has 5 nitrogen and oxygen atoms in total. The van der Waals surface area contributed by atoms with Crippen molar-refractivity contribution >= 4 is 23.2 Å². The van der Waals surface area contributed by atoms with Crippen LogP contribution in [0.15, 0.2) is 42.5 Å². The van der Waals surface area contributed by atoms with E-state index in [-0.39, 0.29) is 17.9 Å². The molecule has 5 heteroatoms. The molecule has 0 radical (unpaired) electrons. The van der Waals surface area contributed by atoms with Gasteiger partial charge in [-0.3, -0.25) is 9.59 Å². The number of benzene rings is 2. The molecule has 2 amide bonds. The van der Waals surface area contributed by atoms with E-state index in [1.54, 1.807) is 6.07 Å². The van der Waals surface area contributed by atoms with Gasteiger partial charge in [-0.2, -0.15) is 0 Å². The normalized spacial score (nSPS) is 14.8. The molecule has 0 aliphatic carbocycles. The molecule has 1 aliphatic rings. The van der Waals surface area contributed by atoms with Crippen LogP contribution >= 0.6 is 0 Å². The topological polar surface area (TPSA) is 61.4 Å². The summed E-state index contributed by atoms with van der Waals surface area (Å²) in [6, 6.07) is 13.4. The fourth-order valence-electron chi connectivity index (χ4n) is 3.70. The summed E-state index contributed by atoms with van der Waals surface area (Å²) >= 11 is 0. The largest absolute Gasteiger partial charge is 0.371 e. The Hall–Kier alpha value is -2.82. The Balaban J connectivity index is 1.84. The van der Waals surface area contributed by atoms with Crippen molar-refractivity contribution < 1.29 is 9.59 Å². The van der Waals surface area contributed by atoms with Crippen molar-refractivity contribution in [3.63, 3.8) is 0 Å². The number of rotatable bonds is 7. The van der Waals surface area contributed by atoms with Gasteiger partial charge in [-0.25, -0.2) is 0 Å². The van der Waals surface area contributed by atoms with Crippen molar-refractivity contribution in [1.29, 1.82) is 0 Å². The second-order valence-electron chi connectivity index (χ2n) is 8.07. The van der Waals surface area contributed by atoms with E-state index in [1.807, 2.05) is 43.3 Å². The number of piperidine rings is 1. The summed E-state index contributed by atoms with van der Waals surface area (Å²) in [5.74, 6) is -0.259. The van der Waals surface area contributed by atoms with Crippen LogP contribution < -0.4 is 15.5 Å². The smallest absolute Gasteiger partial charge is 0.255 e. The first-order chi connectivity index (χ1) is 14.5. The van der Waals surface area contributed by atoms with Gasteiger partial charge < -0.3 is 15.5 Å². The van der Waals surface area contributed by atoms with Crippen molar-refractivity contribution in [2.24, 2.45) is 0 Å². The molecule has 2 aromatic carbocycles. The van der Waals surface area contributed by atoms with Gasteiger partial charge in [0.15, 0.2) is 0 Å². The number of hydrogen-bond donors (Lipinski definition) is 2. The summed E-state index contributed by atoms with van der Waals surface area (Å²) in [7, 11) is 0. The van der Waals surface area contributed by atoms with Gasteiger partial charge in [-0.05, 0) is 74.9 Å². The minimum atomic E-state index is -0.170. The van der Waals surface area contributed by atoms with Gasteiger partial charge >= 0.3 is 0 Å². The standard InChI is InChI=1S/C25H33N3O2/c1-4-18(3)26-25(30)22-17-21(13-14-23(22)28-15-7-6-8-16-28)27-24(29)20-11-9-19(5-2)10-12-20/h9-14,17-18H,4-8,15-16H2,1-3H3,(H,26,30)(H,27,29)/t18-/m0/s1. The maximum atomic E-state index is 13.0. The highest BCUT2D eigenvalue weighted by Crippen LogP contribution is 2.27. The molecule has 1 saturated heterocycles. The zero-order valence-corrected chi connectivity index (χ0v) is 18.3. The molecule has 1 aliphatic heterocycles. The van der Waals surface area contributed by atoms with E-state index in [2.05, 4.69) is 29.4 Å². The Morgan fingerprint density at radius 3 is 2.30 bits per heavy atom. The Morgan fingerprint density at radius 2 is 1.67 bits per heavy atom. The van der Waals surface area contributed by atoms with Crippen LogP contribution in [0.3, 0.4) is 0 Å². The monoisotopic (exact) mass is 407 g/mol. The minimum absolute atomic E-state index is 0.0895. The van der Waals surface area contributed by atoms with E-state index in [1.165, 1.54) is 12.0 Å². The van der Waals surface area contributed by atoms with Crippen molar-refractivity contribution in [2.45, 2.75) is 58.9 Å². The van der Waals surface area contributed by atoms with E-state index in [9.17, 15) is 9.59 Å². The van der Waals surface area contributed by atoms with Crippen LogP contribution in [0.25, 0.3) is 0 Å². The molecule has 30 heavy (non-hydrogen) atoms. The molecule has 0 unspecified atom stereocenters. The van der Waals surface area contributed by atoms with Gasteiger partial charge in [0.2, 0.25) is 0 Å². The number of aryl methyl sites for hydroxylation is 1. The third-order valence-electron chi connectivity index (χ3n) is 5.81. The summed E-state index contributed by atoms with van der Waals surface area (Å²) in [6.07, 6.45) is 5.32. The van der Waals surface area contributed by atoms with E-state index in [0.717, 1.165) is 44.5 Å². The van der Waals surface area contributed by atoms with Gasteiger partial charge in [0.05, 0.1) is 5.56 Å². The molecule has 0 bridgehead atoms. The second kappa shape index (κ2) is 10.3. The lowest BCUT2D eigenvalue weighted by Gasteiger charge is -2.31. The van der Waals surface area contributed by atoms with Crippen LogP contribution in [0.5, 0.6) is 0 Å². The molecule has 160 valence electrons. The van der Waals surface area contributed by atoms with Crippen LogP contribution in [-0.4, -0.2) is 30.9 Å². The summed E-state index contributed by atoms with van der Waals surface area (Å²) < 4.78 is 0. The number of carbonyl (C=O) groups is 2. The molecule has 2 aromatic rings. The molecule has 1 heterocycles. The Kier molecular flexibility index (Phi) is 7.50. The molecule has 1 fully saturated rings. The number of nitrogens with zero attached hydrogens (tertiary/aromatic N) is 1. The second-order valence-corrected chi connectivity index (χ2v) is 8.07. The van der Waals surface area contributed by atoms with E-state index in [4.69, 9.17) is 0 Å². The number of amides is 2. The van der Waals surface area contributed by atoms with E-state index < -0.39 is 0 Å². The van der Waals surface area contributed by atoms with Gasteiger partial charge in [0.25, 0.3) is 11.8 Å². The summed E-state index contributed by atoms with van der Waals surface area (Å²) in [6.45, 7) is 8.06. The molecule has 0 spiro atoms. The SMILES string of the molecule is CCc1ccc(C(=O)Nc2ccc(N3CCCCC3)c(C(=O)N[C@@H](C)CC)c2)cc1. The van der Waals surface area contributed by atoms with Crippen molar-refractivity contribution in [3.05, 3.63) is 59.2 Å². The average molecular weight is 408 g/mol. The van der Waals surface area contributed by atoms with Crippen LogP contribution in [-0.2, 0) is 6.42 Å². The van der Waals surface area contributed by atoms with E-state index >= 15 is 0 Å². The quantitative estimate of drug-likeness (QED) is 0.677. The third-order valence-corrected chi connectivity index (χ3v) is 5.81. The first-order valence-electron chi connectivity index (χ1n) is 11.1. The zero-order valence-electron chi connectivity index (χ0n) is 18.3. The van der Waals surface area contributed by atoms with Gasteiger partial charge in [0.1, 0.15) is 0 Å². The zero-order chi connectivity index (χ0) is 21.5. The molecule has 3 rings (SSSR count). The molecule has 1 atom stereocenters. The van der Waals surface area contributed by atoms with Crippen molar-refractivity contribution in [3.8, 4) is 0 Å². The molecule has 0 saturated carbocycles. The molecular formula is C25H33N3O2. The van der Waals surface area contributed by atoms with Crippen LogP contribution in [0, 0.1) is 0 Å². The van der Waals surface area contributed by atoms with Gasteiger partial charge in [-0.1, -0.05) is 26.0 Å². The fourth-order valence-corrected chi connectivity index (χ4v) is 3.70. The molecular weight excluding hydrogens is 374 g/mol. The lowest BCUT2D eigenvalue weighted by molar-refractivity contribution is 0.0938. The minimum Gasteiger partial charge on any atom is -0.371 e. The lowest BCUT2D eigenvalue weighted by Crippen LogP contribution is -2.35. The number of hydrogen-bond acceptors (Lipinski definition) is 3. The summed E-state index contributed by atoms with van der Waals surface area (Å²) in [4.78, 5) is 28.0. The van der Waals surface area contributed by atoms with Crippen LogP contribution in [0.2, 0.25) is 0 Å². The molecule has 2 N–H and O–H groups in total. The molecule has 0 aromatic heterocycles. The number of anilines is 2. The van der Waals surface area contributed by atoms with Crippen molar-refractivity contribution in [2.75, 3.05) is 23.3 Å². The first kappa shape index (κ1) is 21.9. The van der Waals surface area contributed by atoms with Crippen LogP contribution in [0.4, 0.5) is 11.4 Å². The average Bonchev–Trinajstić information content (AvgIpc) is 2.79. The predicted molar refractivity (Wildman–Crippen MR) is 123 cm³/mol. The number of carbonyl (C=O) groups excluding carboxylic acids is 2. The highest BCUT2D eigenvalue weighted by molar-refractivity contribution is 6.06. The highest BCUT2D eigenvalue weighted by atomic mass is 16.2. The van der Waals surface area contributed by atoms with Gasteiger partial charge in [0, 0.05) is 36.1 Å². The van der Waals surface area contributed by atoms with Crippen molar-refractivity contribution in [1.82, 2.24) is 5.32 Å². The van der Waals surface area contributed by atoms with Crippen LogP contribution in [0.1, 0.15) is 72.7 Å². The third kappa shape index (κ3) is 5.41. The maximum absolute atomic E-state index is 13.0. The fraction of sp³-hybridized carbons (Fsp3) is 0.440. The Bertz CT molecular complexity index is 870. The summed E-state index contributed by atoms with van der Waals surface area (Å²) in [5.41, 5.74) is 4.01. The first-order valence-corrected chi connectivity index (χ1v) is 11.1. The van der Waals surface area contributed by atoms with E-state index in [0.29, 0.717) is 16.8 Å². The maximum Gasteiger partial charge on any atom is 0.255 e. The predicted octanol–water partition coefficient (Wildman–Crippen LogP) is 5.02. The Morgan fingerprint density at radius 1 is 0.967 bits per heavy atom. The summed E-state index contributed by atoms with van der Waals surface area (Å²) in [5, 5.41) is 6.02.